The van der Waals surface area contributed by atoms with Gasteiger partial charge in [-0.25, -0.2) is 0 Å². The van der Waals surface area contributed by atoms with E-state index >= 15 is 0 Å². The minimum atomic E-state index is -3.99. The Morgan fingerprint density at radius 2 is 2.08 bits per heavy atom. The molecule has 0 unspecified atom stereocenters. The molecule has 0 amide bonds. The number of hydrogen-bond acceptors (Lipinski definition) is 2. The second-order valence-corrected chi connectivity index (χ2v) is 6.23. The van der Waals surface area contributed by atoms with Gasteiger partial charge in [0, 0.05) is 0 Å². The molecular formula is C8H15O3PS. The molecule has 0 saturated carbocycles. The molecule has 0 aliphatic carbocycles. The number of rotatable bonds is 2. The van der Waals surface area contributed by atoms with Crippen LogP contribution in [0, 0.1) is 5.92 Å². The van der Waals surface area contributed by atoms with Crippen LogP contribution in [0.2, 0.25) is 0 Å². The maximum absolute atomic E-state index is 11.1. The fourth-order valence-electron chi connectivity index (χ4n) is 1.42. The van der Waals surface area contributed by atoms with Crippen molar-refractivity contribution in [1.29, 1.82) is 0 Å². The predicted molar refractivity (Wildman–Crippen MR) is 55.6 cm³/mol. The van der Waals surface area contributed by atoms with E-state index in [0.717, 1.165) is 17.1 Å². The molecule has 1 heterocycles. The van der Waals surface area contributed by atoms with Crippen molar-refractivity contribution in [3.05, 3.63) is 10.2 Å². The highest BCUT2D eigenvalue weighted by Crippen LogP contribution is 2.54. The van der Waals surface area contributed by atoms with E-state index < -0.39 is 7.60 Å². The van der Waals surface area contributed by atoms with E-state index in [2.05, 4.69) is 0 Å². The van der Waals surface area contributed by atoms with Crippen molar-refractivity contribution in [2.24, 2.45) is 5.92 Å². The first-order chi connectivity index (χ1) is 5.93. The van der Waals surface area contributed by atoms with Gasteiger partial charge in [-0.05, 0) is 29.4 Å². The van der Waals surface area contributed by atoms with Crippen molar-refractivity contribution < 1.29 is 14.4 Å². The maximum Gasteiger partial charge on any atom is 0.353 e. The second-order valence-electron chi connectivity index (χ2n) is 3.46. The fourth-order valence-corrected chi connectivity index (χ4v) is 4.07. The van der Waals surface area contributed by atoms with Crippen molar-refractivity contribution in [3.63, 3.8) is 0 Å². The molecule has 1 aliphatic rings. The Morgan fingerprint density at radius 3 is 2.46 bits per heavy atom. The quantitative estimate of drug-likeness (QED) is 0.705. The van der Waals surface area contributed by atoms with Crippen LogP contribution in [0.1, 0.15) is 26.7 Å². The van der Waals surface area contributed by atoms with Crippen molar-refractivity contribution >= 4 is 19.4 Å². The number of thioether (sulfide) groups is 1. The first-order valence-electron chi connectivity index (χ1n) is 4.35. The van der Waals surface area contributed by atoms with Crippen molar-refractivity contribution in [2.75, 3.05) is 5.75 Å². The average molecular weight is 222 g/mol. The SMILES string of the molecule is CC(C)C1=C(P(=O)(O)O)CCCS1. The lowest BCUT2D eigenvalue weighted by Gasteiger charge is -2.22. The summed E-state index contributed by atoms with van der Waals surface area (Å²) in [5.74, 6) is 1.21. The van der Waals surface area contributed by atoms with Gasteiger partial charge in [0.2, 0.25) is 0 Å². The van der Waals surface area contributed by atoms with Crippen LogP contribution in [0.4, 0.5) is 0 Å². The van der Waals surface area contributed by atoms with Gasteiger partial charge in [-0.15, -0.1) is 11.8 Å². The third-order valence-electron chi connectivity index (χ3n) is 1.98. The van der Waals surface area contributed by atoms with E-state index in [1.165, 1.54) is 0 Å². The van der Waals surface area contributed by atoms with Crippen molar-refractivity contribution in [2.45, 2.75) is 26.7 Å². The molecule has 0 aromatic carbocycles. The fraction of sp³-hybridized carbons (Fsp3) is 0.750. The zero-order valence-electron chi connectivity index (χ0n) is 7.86. The average Bonchev–Trinajstić information content (AvgIpc) is 2.03. The van der Waals surface area contributed by atoms with Crippen LogP contribution in [-0.2, 0) is 4.57 Å². The first kappa shape index (κ1) is 11.3. The maximum atomic E-state index is 11.1. The molecule has 0 aromatic heterocycles. The molecule has 0 radical (unpaired) electrons. The lowest BCUT2D eigenvalue weighted by Crippen LogP contribution is -2.04. The normalized spacial score (nSPS) is 19.8. The summed E-state index contributed by atoms with van der Waals surface area (Å²) >= 11 is 1.59. The van der Waals surface area contributed by atoms with Crippen molar-refractivity contribution in [1.82, 2.24) is 0 Å². The Bertz CT molecular complexity index is 267. The summed E-state index contributed by atoms with van der Waals surface area (Å²) in [6.45, 7) is 3.95. The van der Waals surface area contributed by atoms with Crippen LogP contribution in [0.3, 0.4) is 0 Å². The lowest BCUT2D eigenvalue weighted by atomic mass is 10.1. The van der Waals surface area contributed by atoms with E-state index in [1.807, 2.05) is 13.8 Å². The number of allylic oxidation sites excluding steroid dienone is 2. The molecule has 13 heavy (non-hydrogen) atoms. The van der Waals surface area contributed by atoms with Crippen LogP contribution in [0.25, 0.3) is 0 Å². The van der Waals surface area contributed by atoms with Crippen LogP contribution in [-0.4, -0.2) is 15.5 Å². The summed E-state index contributed by atoms with van der Waals surface area (Å²) in [5, 5.41) is 0.374. The largest absolute Gasteiger partial charge is 0.353 e. The van der Waals surface area contributed by atoms with Crippen LogP contribution in [0.15, 0.2) is 10.2 Å². The molecule has 0 fully saturated rings. The van der Waals surface area contributed by atoms with E-state index in [1.54, 1.807) is 11.8 Å². The monoisotopic (exact) mass is 222 g/mol. The lowest BCUT2D eigenvalue weighted by molar-refractivity contribution is 0.379. The molecule has 3 nitrogen and oxygen atoms in total. The van der Waals surface area contributed by atoms with Gasteiger partial charge in [-0.2, -0.15) is 0 Å². The molecule has 0 atom stereocenters. The third kappa shape index (κ3) is 2.84. The summed E-state index contributed by atoms with van der Waals surface area (Å²) in [6, 6.07) is 0. The summed E-state index contributed by atoms with van der Waals surface area (Å²) in [7, 11) is -3.99. The minimum Gasteiger partial charge on any atom is -0.321 e. The third-order valence-corrected chi connectivity index (χ3v) is 4.82. The standard InChI is InChI=1S/C8H15O3PS/c1-6(2)8-7(12(9,10)11)4-3-5-13-8/h6H,3-5H2,1-2H3,(H2,9,10,11). The second kappa shape index (κ2) is 4.18. The van der Waals surface area contributed by atoms with Crippen LogP contribution < -0.4 is 0 Å². The molecule has 1 rings (SSSR count). The molecule has 76 valence electrons. The van der Waals surface area contributed by atoms with Gasteiger partial charge >= 0.3 is 7.60 Å². The molecular weight excluding hydrogens is 207 g/mol. The van der Waals surface area contributed by atoms with E-state index in [-0.39, 0.29) is 5.92 Å². The molecule has 1 aliphatic heterocycles. The van der Waals surface area contributed by atoms with Gasteiger partial charge in [0.15, 0.2) is 0 Å². The Balaban J connectivity index is 3.04. The Hall–Kier alpha value is 0.240. The summed E-state index contributed by atoms with van der Waals surface area (Å²) in [4.78, 5) is 19.1. The van der Waals surface area contributed by atoms with Gasteiger partial charge in [-0.1, -0.05) is 13.8 Å². The van der Waals surface area contributed by atoms with Crippen LogP contribution in [0.5, 0.6) is 0 Å². The summed E-state index contributed by atoms with van der Waals surface area (Å²) in [5.41, 5.74) is 0. The van der Waals surface area contributed by atoms with Gasteiger partial charge in [0.25, 0.3) is 0 Å². The van der Waals surface area contributed by atoms with E-state index in [0.29, 0.717) is 11.7 Å². The van der Waals surface area contributed by atoms with E-state index in [4.69, 9.17) is 9.79 Å². The van der Waals surface area contributed by atoms with E-state index in [9.17, 15) is 4.57 Å². The highest BCUT2D eigenvalue weighted by Gasteiger charge is 2.28. The predicted octanol–water partition coefficient (Wildman–Crippen LogP) is 2.56. The molecule has 0 aromatic rings. The first-order valence-corrected chi connectivity index (χ1v) is 6.94. The van der Waals surface area contributed by atoms with Gasteiger partial charge in [-0.3, -0.25) is 4.57 Å². The molecule has 0 spiro atoms. The van der Waals surface area contributed by atoms with Crippen LogP contribution >= 0.6 is 19.4 Å². The van der Waals surface area contributed by atoms with Gasteiger partial charge in [0.05, 0.1) is 5.31 Å². The number of hydrogen-bond donors (Lipinski definition) is 2. The Kier molecular flexibility index (Phi) is 3.64. The Labute approximate surface area is 82.8 Å². The topological polar surface area (TPSA) is 57.5 Å². The highest BCUT2D eigenvalue weighted by atomic mass is 32.2. The zero-order valence-corrected chi connectivity index (χ0v) is 9.57. The van der Waals surface area contributed by atoms with Gasteiger partial charge < -0.3 is 9.79 Å². The van der Waals surface area contributed by atoms with Crippen molar-refractivity contribution in [3.8, 4) is 0 Å². The highest BCUT2D eigenvalue weighted by molar-refractivity contribution is 8.03. The molecule has 2 N–H and O–H groups in total. The smallest absolute Gasteiger partial charge is 0.321 e. The summed E-state index contributed by atoms with van der Waals surface area (Å²) < 4.78 is 11.1. The zero-order chi connectivity index (χ0) is 10.1. The molecule has 0 bridgehead atoms. The summed E-state index contributed by atoms with van der Waals surface area (Å²) in [6.07, 6.45) is 1.44. The Morgan fingerprint density at radius 1 is 1.46 bits per heavy atom. The minimum absolute atomic E-state index is 0.230. The molecule has 5 heteroatoms. The van der Waals surface area contributed by atoms with Gasteiger partial charge in [0.1, 0.15) is 0 Å². The molecule has 0 saturated heterocycles.